The predicted molar refractivity (Wildman–Crippen MR) is 46.1 cm³/mol. The number of ether oxygens (including phenoxy) is 1. The van der Waals surface area contributed by atoms with Gasteiger partial charge in [0, 0.05) is 6.42 Å². The lowest BCUT2D eigenvalue weighted by Crippen LogP contribution is -2.35. The summed E-state index contributed by atoms with van der Waals surface area (Å²) in [5.74, 6) is -1.20. The molecule has 0 spiro atoms. The number of aliphatic carboxylic acids is 1. The monoisotopic (exact) mass is 186 g/mol. The maximum atomic E-state index is 10.6. The van der Waals surface area contributed by atoms with Gasteiger partial charge >= 0.3 is 5.97 Å². The smallest absolute Gasteiger partial charge is 0.335 e. The Bertz CT molecular complexity index is 230. The van der Waals surface area contributed by atoms with Gasteiger partial charge in [-0.25, -0.2) is 4.79 Å². The first-order valence-corrected chi connectivity index (χ1v) is 4.28. The van der Waals surface area contributed by atoms with Gasteiger partial charge in [0.2, 0.25) is 0 Å². The molecule has 0 aliphatic carbocycles. The SMILES string of the molecule is CC(O)(CC1=COCCC1)C(=O)O. The molecule has 1 rings (SSSR count). The van der Waals surface area contributed by atoms with Crippen molar-refractivity contribution in [2.24, 2.45) is 0 Å². The van der Waals surface area contributed by atoms with Crippen LogP contribution in [0, 0.1) is 0 Å². The zero-order valence-corrected chi connectivity index (χ0v) is 7.62. The van der Waals surface area contributed by atoms with E-state index in [9.17, 15) is 9.90 Å². The van der Waals surface area contributed by atoms with Crippen molar-refractivity contribution in [3.05, 3.63) is 11.8 Å². The van der Waals surface area contributed by atoms with Crippen LogP contribution in [-0.4, -0.2) is 28.4 Å². The van der Waals surface area contributed by atoms with Gasteiger partial charge in [-0.2, -0.15) is 0 Å². The Morgan fingerprint density at radius 2 is 2.46 bits per heavy atom. The maximum absolute atomic E-state index is 10.6. The van der Waals surface area contributed by atoms with Crippen LogP contribution >= 0.6 is 0 Å². The summed E-state index contributed by atoms with van der Waals surface area (Å²) < 4.78 is 5.04. The molecule has 0 aromatic carbocycles. The van der Waals surface area contributed by atoms with Crippen molar-refractivity contribution in [1.29, 1.82) is 0 Å². The van der Waals surface area contributed by atoms with E-state index in [4.69, 9.17) is 9.84 Å². The molecule has 0 saturated carbocycles. The maximum Gasteiger partial charge on any atom is 0.335 e. The molecule has 4 heteroatoms. The van der Waals surface area contributed by atoms with Gasteiger partial charge < -0.3 is 14.9 Å². The van der Waals surface area contributed by atoms with Gasteiger partial charge in [0.1, 0.15) is 0 Å². The molecule has 1 aliphatic heterocycles. The summed E-state index contributed by atoms with van der Waals surface area (Å²) >= 11 is 0. The first-order valence-electron chi connectivity index (χ1n) is 4.28. The molecule has 0 radical (unpaired) electrons. The van der Waals surface area contributed by atoms with E-state index in [2.05, 4.69) is 0 Å². The van der Waals surface area contributed by atoms with E-state index in [1.165, 1.54) is 6.92 Å². The molecule has 74 valence electrons. The third kappa shape index (κ3) is 2.73. The molecule has 0 saturated heterocycles. The summed E-state index contributed by atoms with van der Waals surface area (Å²) in [7, 11) is 0. The van der Waals surface area contributed by atoms with E-state index in [1.54, 1.807) is 6.26 Å². The van der Waals surface area contributed by atoms with E-state index in [-0.39, 0.29) is 6.42 Å². The Morgan fingerprint density at radius 1 is 1.77 bits per heavy atom. The fraction of sp³-hybridized carbons (Fsp3) is 0.667. The molecule has 1 atom stereocenters. The molecule has 0 fully saturated rings. The summed E-state index contributed by atoms with van der Waals surface area (Å²) in [5, 5.41) is 18.1. The molecule has 13 heavy (non-hydrogen) atoms. The first-order chi connectivity index (χ1) is 6.02. The third-order valence-electron chi connectivity index (χ3n) is 2.04. The molecule has 0 amide bonds. The molecule has 4 nitrogen and oxygen atoms in total. The minimum Gasteiger partial charge on any atom is -0.501 e. The van der Waals surface area contributed by atoms with Gasteiger partial charge in [0.05, 0.1) is 12.9 Å². The second-order valence-electron chi connectivity index (χ2n) is 3.51. The quantitative estimate of drug-likeness (QED) is 0.687. The summed E-state index contributed by atoms with van der Waals surface area (Å²) in [6, 6.07) is 0. The molecular formula is C9H14O4. The zero-order chi connectivity index (χ0) is 9.90. The third-order valence-corrected chi connectivity index (χ3v) is 2.04. The Morgan fingerprint density at radius 3 is 2.92 bits per heavy atom. The molecule has 1 heterocycles. The minimum absolute atomic E-state index is 0.141. The molecule has 2 N–H and O–H groups in total. The topological polar surface area (TPSA) is 66.8 Å². The molecule has 1 unspecified atom stereocenters. The average Bonchev–Trinajstić information content (AvgIpc) is 2.05. The number of carboxylic acid groups (broad SMARTS) is 1. The Labute approximate surface area is 76.8 Å². The Hall–Kier alpha value is -1.03. The van der Waals surface area contributed by atoms with Gasteiger partial charge in [0.15, 0.2) is 5.60 Å². The van der Waals surface area contributed by atoms with Crippen molar-refractivity contribution in [3.8, 4) is 0 Å². The van der Waals surface area contributed by atoms with Gasteiger partial charge in [-0.15, -0.1) is 0 Å². The van der Waals surface area contributed by atoms with Crippen LogP contribution in [0.2, 0.25) is 0 Å². The molecule has 0 aromatic heterocycles. The van der Waals surface area contributed by atoms with Crippen LogP contribution in [0.4, 0.5) is 0 Å². The van der Waals surface area contributed by atoms with Crippen molar-refractivity contribution < 1.29 is 19.7 Å². The second kappa shape index (κ2) is 3.79. The molecule has 1 aliphatic rings. The van der Waals surface area contributed by atoms with Crippen molar-refractivity contribution in [2.75, 3.05) is 6.61 Å². The van der Waals surface area contributed by atoms with Crippen LogP contribution in [0.1, 0.15) is 26.2 Å². The lowest BCUT2D eigenvalue weighted by atomic mass is 9.94. The summed E-state index contributed by atoms with van der Waals surface area (Å²) in [5.41, 5.74) is -0.814. The number of hydrogen-bond donors (Lipinski definition) is 2. The van der Waals surface area contributed by atoms with E-state index in [1.807, 2.05) is 0 Å². The fourth-order valence-electron chi connectivity index (χ4n) is 1.27. The largest absolute Gasteiger partial charge is 0.501 e. The second-order valence-corrected chi connectivity index (χ2v) is 3.51. The highest BCUT2D eigenvalue weighted by molar-refractivity contribution is 5.76. The van der Waals surface area contributed by atoms with Gasteiger partial charge in [-0.05, 0) is 25.3 Å². The Balaban J connectivity index is 2.56. The van der Waals surface area contributed by atoms with Crippen molar-refractivity contribution >= 4 is 5.97 Å². The lowest BCUT2D eigenvalue weighted by molar-refractivity contribution is -0.156. The number of carboxylic acids is 1. The van der Waals surface area contributed by atoms with Crippen LogP contribution in [0.3, 0.4) is 0 Å². The van der Waals surface area contributed by atoms with Gasteiger partial charge in [0.25, 0.3) is 0 Å². The van der Waals surface area contributed by atoms with Gasteiger partial charge in [-0.1, -0.05) is 0 Å². The van der Waals surface area contributed by atoms with E-state index >= 15 is 0 Å². The average molecular weight is 186 g/mol. The van der Waals surface area contributed by atoms with Crippen LogP contribution in [0.25, 0.3) is 0 Å². The van der Waals surface area contributed by atoms with Gasteiger partial charge in [-0.3, -0.25) is 0 Å². The standard InChI is InChI=1S/C9H14O4/c1-9(12,8(10)11)5-7-3-2-4-13-6-7/h6,12H,2-5H2,1H3,(H,10,11). The normalized spacial score (nSPS) is 21.2. The summed E-state index contributed by atoms with van der Waals surface area (Å²) in [6.45, 7) is 1.98. The van der Waals surface area contributed by atoms with Crippen LogP contribution in [0.5, 0.6) is 0 Å². The highest BCUT2D eigenvalue weighted by atomic mass is 16.5. The number of carbonyl (C=O) groups is 1. The first kappa shape index (κ1) is 10.1. The summed E-state index contributed by atoms with van der Waals surface area (Å²) in [4.78, 5) is 10.6. The predicted octanol–water partition coefficient (Wildman–Crippen LogP) is 0.906. The van der Waals surface area contributed by atoms with Crippen LogP contribution in [-0.2, 0) is 9.53 Å². The molecule has 0 aromatic rings. The molecular weight excluding hydrogens is 172 g/mol. The highest BCUT2D eigenvalue weighted by Gasteiger charge is 2.31. The van der Waals surface area contributed by atoms with Crippen LogP contribution in [0.15, 0.2) is 11.8 Å². The zero-order valence-electron chi connectivity index (χ0n) is 7.62. The summed E-state index contributed by atoms with van der Waals surface area (Å²) in [6.07, 6.45) is 3.40. The number of aliphatic hydroxyl groups is 1. The highest BCUT2D eigenvalue weighted by Crippen LogP contribution is 2.22. The van der Waals surface area contributed by atoms with Crippen LogP contribution < -0.4 is 0 Å². The Kier molecular flexibility index (Phi) is 2.93. The fourth-order valence-corrected chi connectivity index (χ4v) is 1.27. The van der Waals surface area contributed by atoms with E-state index in [0.29, 0.717) is 6.61 Å². The molecule has 0 bridgehead atoms. The number of hydrogen-bond acceptors (Lipinski definition) is 3. The van der Waals surface area contributed by atoms with Crippen molar-refractivity contribution in [2.45, 2.75) is 31.8 Å². The van der Waals surface area contributed by atoms with E-state index in [0.717, 1.165) is 18.4 Å². The lowest BCUT2D eigenvalue weighted by Gasteiger charge is -2.21. The minimum atomic E-state index is -1.67. The van der Waals surface area contributed by atoms with Crippen molar-refractivity contribution in [3.63, 3.8) is 0 Å². The van der Waals surface area contributed by atoms with E-state index < -0.39 is 11.6 Å². The number of rotatable bonds is 3. The van der Waals surface area contributed by atoms with Crippen molar-refractivity contribution in [1.82, 2.24) is 0 Å².